The Morgan fingerprint density at radius 2 is 2.14 bits per heavy atom. The van der Waals surface area contributed by atoms with Crippen molar-refractivity contribution in [1.82, 2.24) is 34.1 Å². The number of hydrogen-bond acceptors (Lipinski definition) is 15. The fourth-order valence-corrected chi connectivity index (χ4v) is 8.16. The molecule has 18 nitrogen and oxygen atoms in total. The summed E-state index contributed by atoms with van der Waals surface area (Å²) in [6.07, 6.45) is -2.21. The van der Waals surface area contributed by atoms with Crippen LogP contribution in [0.4, 0.5) is 10.3 Å². The lowest BCUT2D eigenvalue weighted by molar-refractivity contribution is -0.118. The highest BCUT2D eigenvalue weighted by Gasteiger charge is 2.50. The number of nitrogens with zero attached hydrogens (tertiary/aromatic N) is 7. The average Bonchev–Trinajstić information content (AvgIpc) is 3.72. The van der Waals surface area contributed by atoms with Gasteiger partial charge in [-0.3, -0.25) is 34.0 Å². The number of fused-ring (bicyclic) bond motifs is 6. The highest BCUT2D eigenvalue weighted by atomic mass is 32.5. The number of alkyl halides is 1. The van der Waals surface area contributed by atoms with E-state index in [0.29, 0.717) is 16.9 Å². The molecule has 1 amide bonds. The van der Waals surface area contributed by atoms with Gasteiger partial charge in [-0.05, 0) is 29.7 Å². The molecule has 2 aliphatic rings. The molecule has 2 aliphatic heterocycles. The van der Waals surface area contributed by atoms with Gasteiger partial charge in [0.1, 0.15) is 30.2 Å². The summed E-state index contributed by atoms with van der Waals surface area (Å²) >= 11 is 10.9. The molecule has 0 aromatic carbocycles. The summed E-state index contributed by atoms with van der Waals surface area (Å²) < 4.78 is 54.3. The Hall–Kier alpha value is -3.12. The lowest BCUT2D eigenvalue weighted by atomic mass is 10.1. The van der Waals surface area contributed by atoms with Crippen LogP contribution in [0, 0.1) is 17.2 Å². The van der Waals surface area contributed by atoms with Gasteiger partial charge in [-0.2, -0.15) is 10.2 Å². The van der Waals surface area contributed by atoms with E-state index in [0.717, 1.165) is 0 Å². The smallest absolute Gasteiger partial charge is 0.327 e. The SMILES string of the molecule is CC(C)C(=O)Nc1nc2c(ncn2[C@@H]2O[C@@H]3COP(=S)(OCCC#N)OCCn4c(nc5cnccc54)COP(O)(=S)O[C@@H]2[C@@H]3F)c(=O)[nH]1. The minimum Gasteiger partial charge on any atom is -0.346 e. The van der Waals surface area contributed by atoms with Crippen LogP contribution < -0.4 is 10.9 Å². The summed E-state index contributed by atoms with van der Waals surface area (Å²) in [4.78, 5) is 55.9. The predicted molar refractivity (Wildman–Crippen MR) is 176 cm³/mol. The lowest BCUT2D eigenvalue weighted by Crippen LogP contribution is -2.32. The number of amides is 1. The number of ether oxygens (including phenoxy) is 1. The van der Waals surface area contributed by atoms with Crippen molar-refractivity contribution < 1.29 is 41.4 Å². The summed E-state index contributed by atoms with van der Waals surface area (Å²) in [6, 6.07) is 3.68. The normalized spacial score (nSPS) is 28.2. The Labute approximate surface area is 287 Å². The second-order valence-electron chi connectivity index (χ2n) is 11.1. The van der Waals surface area contributed by atoms with Crippen LogP contribution in [0.5, 0.6) is 0 Å². The minimum absolute atomic E-state index is 0.00400. The molecule has 0 saturated carbocycles. The molecule has 0 radical (unpaired) electrons. The molecular weight excluding hydrogens is 727 g/mol. The molecule has 2 unspecified atom stereocenters. The Balaban J connectivity index is 1.38. The number of imidazole rings is 2. The van der Waals surface area contributed by atoms with Crippen molar-refractivity contribution in [3.63, 3.8) is 0 Å². The summed E-state index contributed by atoms with van der Waals surface area (Å²) in [5, 5.41) is 11.5. The van der Waals surface area contributed by atoms with Gasteiger partial charge in [0.25, 0.3) is 5.56 Å². The fourth-order valence-electron chi connectivity index (χ4n) is 5.04. The van der Waals surface area contributed by atoms with Crippen molar-refractivity contribution in [2.45, 2.75) is 58.0 Å². The first-order valence-corrected chi connectivity index (χ1v) is 20.0. The van der Waals surface area contributed by atoms with E-state index in [1.807, 2.05) is 6.07 Å². The molecule has 1 saturated heterocycles. The Morgan fingerprint density at radius 1 is 1.33 bits per heavy atom. The van der Waals surface area contributed by atoms with Crippen molar-refractivity contribution in [2.24, 2.45) is 5.92 Å². The number of aromatic nitrogens is 7. The molecule has 4 aromatic heterocycles. The van der Waals surface area contributed by atoms with Gasteiger partial charge >= 0.3 is 13.4 Å². The van der Waals surface area contributed by atoms with Crippen LogP contribution in [0.15, 0.2) is 29.6 Å². The summed E-state index contributed by atoms with van der Waals surface area (Å²) in [5.41, 5.74) is 0.260. The molecule has 6 atom stereocenters. The Kier molecular flexibility index (Phi) is 10.7. The van der Waals surface area contributed by atoms with E-state index in [4.69, 9.17) is 56.2 Å². The maximum absolute atomic E-state index is 16.4. The number of nitriles is 1. The van der Waals surface area contributed by atoms with Gasteiger partial charge in [0.05, 0.1) is 50.4 Å². The van der Waals surface area contributed by atoms with Crippen molar-refractivity contribution in [2.75, 3.05) is 25.1 Å². The largest absolute Gasteiger partial charge is 0.346 e. The maximum atomic E-state index is 16.4. The van der Waals surface area contributed by atoms with E-state index >= 15 is 4.39 Å². The van der Waals surface area contributed by atoms with Gasteiger partial charge in [0.2, 0.25) is 11.9 Å². The van der Waals surface area contributed by atoms with E-state index in [1.54, 1.807) is 36.9 Å². The number of pyridine rings is 1. The Morgan fingerprint density at radius 3 is 2.92 bits per heavy atom. The van der Waals surface area contributed by atoms with Gasteiger partial charge in [0.15, 0.2) is 23.6 Å². The van der Waals surface area contributed by atoms with E-state index in [2.05, 4.69) is 30.2 Å². The highest BCUT2D eigenvalue weighted by Crippen LogP contribution is 2.53. The van der Waals surface area contributed by atoms with Crippen LogP contribution in [0.3, 0.4) is 0 Å². The molecule has 49 heavy (non-hydrogen) atoms. The first-order chi connectivity index (χ1) is 23.4. The van der Waals surface area contributed by atoms with Crippen LogP contribution in [0.1, 0.15) is 32.3 Å². The van der Waals surface area contributed by atoms with Crippen LogP contribution in [-0.2, 0) is 68.9 Å². The van der Waals surface area contributed by atoms with Crippen molar-refractivity contribution >= 4 is 71.1 Å². The number of aromatic amines is 1. The van der Waals surface area contributed by atoms with Crippen LogP contribution in [0.25, 0.3) is 22.2 Å². The third kappa shape index (κ3) is 7.80. The van der Waals surface area contributed by atoms with Gasteiger partial charge in [-0.15, -0.1) is 0 Å². The zero-order valence-corrected chi connectivity index (χ0v) is 29.3. The molecular formula is C26H30FN9O9P2S2. The van der Waals surface area contributed by atoms with Crippen LogP contribution >= 0.6 is 13.4 Å². The number of carbonyl (C=O) groups excluding carboxylic acids is 1. The monoisotopic (exact) mass is 757 g/mol. The van der Waals surface area contributed by atoms with Gasteiger partial charge in [0, 0.05) is 18.7 Å². The third-order valence-corrected chi connectivity index (χ3v) is 11.4. The van der Waals surface area contributed by atoms with E-state index in [9.17, 15) is 14.5 Å². The first-order valence-electron chi connectivity index (χ1n) is 14.8. The minimum atomic E-state index is -4.22. The second-order valence-corrected chi connectivity index (χ2v) is 16.9. The number of rotatable bonds is 6. The van der Waals surface area contributed by atoms with E-state index in [1.165, 1.54) is 10.9 Å². The molecule has 6 rings (SSSR count). The predicted octanol–water partition coefficient (Wildman–Crippen LogP) is 2.71. The molecule has 262 valence electrons. The highest BCUT2D eigenvalue weighted by molar-refractivity contribution is 8.07. The van der Waals surface area contributed by atoms with Crippen molar-refractivity contribution in [3.8, 4) is 6.07 Å². The molecule has 4 aromatic rings. The average molecular weight is 758 g/mol. The molecule has 3 N–H and O–H groups in total. The summed E-state index contributed by atoms with van der Waals surface area (Å²) in [6.45, 7) is -5.29. The van der Waals surface area contributed by atoms with E-state index in [-0.39, 0.29) is 49.9 Å². The summed E-state index contributed by atoms with van der Waals surface area (Å²) in [5.74, 6) is -0.703. The lowest BCUT2D eigenvalue weighted by Gasteiger charge is -2.25. The zero-order valence-electron chi connectivity index (χ0n) is 25.9. The van der Waals surface area contributed by atoms with Gasteiger partial charge in [-0.1, -0.05) is 13.8 Å². The molecule has 23 heteroatoms. The zero-order chi connectivity index (χ0) is 34.9. The number of carbonyl (C=O) groups is 1. The maximum Gasteiger partial charge on any atom is 0.327 e. The molecule has 6 heterocycles. The van der Waals surface area contributed by atoms with Gasteiger partial charge < -0.3 is 32.3 Å². The fraction of sp³-hybridized carbons (Fsp3) is 0.500. The molecule has 0 aliphatic carbocycles. The third-order valence-electron chi connectivity index (χ3n) is 7.40. The van der Waals surface area contributed by atoms with Gasteiger partial charge in [-0.25, -0.2) is 14.4 Å². The number of anilines is 1. The molecule has 2 bridgehead atoms. The first kappa shape index (κ1) is 35.7. The Bertz CT molecular complexity index is 2070. The standard InChI is InChI=1S/C26H30FN9O9P2S2/c1-14(2)23(37)33-26-32-22-20(24(38)34-26)30-13-36(22)25-21-19(27)17(44-25)11-43-47(49,40-8-3-5-28)41-9-7-35-16-4-6-29-10-15(16)31-18(35)12-42-46(39,48)45-21/h4,6,10,13-14,17,19,21,25H,3,7-9,11-12H2,1-2H3,(H,39,48)(H2,32,33,34,37,38)/t17-,19-,21-,25-,46?,47?/m1/s1. The quantitative estimate of drug-likeness (QED) is 0.190. The van der Waals surface area contributed by atoms with Crippen LogP contribution in [-0.4, -0.2) is 83.1 Å². The second kappa shape index (κ2) is 14.6. The topological polar surface area (TPSA) is 223 Å². The van der Waals surface area contributed by atoms with E-state index < -0.39 is 62.0 Å². The molecule has 1 fully saturated rings. The van der Waals surface area contributed by atoms with Crippen molar-refractivity contribution in [1.29, 1.82) is 5.26 Å². The summed E-state index contributed by atoms with van der Waals surface area (Å²) in [7, 11) is 0. The number of nitrogens with one attached hydrogen (secondary N) is 2. The van der Waals surface area contributed by atoms with Crippen molar-refractivity contribution in [3.05, 3.63) is 41.0 Å². The number of hydrogen-bond donors (Lipinski definition) is 3. The number of halogens is 1. The van der Waals surface area contributed by atoms with Crippen LogP contribution in [0.2, 0.25) is 0 Å². The molecule has 0 spiro atoms. The number of H-pyrrole nitrogens is 1.